The highest BCUT2D eigenvalue weighted by molar-refractivity contribution is 6.39. The number of aliphatic hydroxyl groups excluding tert-OH is 1. The molecule has 0 aliphatic carbocycles. The van der Waals surface area contributed by atoms with Crippen molar-refractivity contribution in [3.05, 3.63) is 42.0 Å². The second kappa shape index (κ2) is 4.95. The van der Waals surface area contributed by atoms with Crippen LogP contribution in [0.15, 0.2) is 36.4 Å². The number of carbonyl (C=O) groups is 2. The molecule has 4 heteroatoms. The first-order valence-electron chi connectivity index (χ1n) is 4.23. The molecule has 1 aromatic carbocycles. The standard InChI is InChI=1S/C11H10O4/c1-15-11(14)10(13)7-9(12)8-5-3-2-4-6-8/h2-7,12H,1H3. The average Bonchev–Trinajstić information content (AvgIpc) is 2.29. The van der Waals surface area contributed by atoms with Crippen molar-refractivity contribution in [2.45, 2.75) is 0 Å². The van der Waals surface area contributed by atoms with Gasteiger partial charge >= 0.3 is 5.97 Å². The van der Waals surface area contributed by atoms with E-state index in [1.807, 2.05) is 0 Å². The highest BCUT2D eigenvalue weighted by atomic mass is 16.5. The van der Waals surface area contributed by atoms with Gasteiger partial charge in [0, 0.05) is 11.6 Å². The van der Waals surface area contributed by atoms with Crippen LogP contribution in [0.2, 0.25) is 0 Å². The molecular weight excluding hydrogens is 196 g/mol. The van der Waals surface area contributed by atoms with Gasteiger partial charge in [-0.15, -0.1) is 0 Å². The van der Waals surface area contributed by atoms with Crippen LogP contribution in [0.5, 0.6) is 0 Å². The molecule has 1 rings (SSSR count). The Bertz CT molecular complexity index is 392. The molecular formula is C11H10O4. The molecule has 0 heterocycles. The summed E-state index contributed by atoms with van der Waals surface area (Å²) in [5.41, 5.74) is 0.467. The molecule has 1 aromatic rings. The monoisotopic (exact) mass is 206 g/mol. The molecule has 0 aliphatic heterocycles. The van der Waals surface area contributed by atoms with E-state index in [-0.39, 0.29) is 5.76 Å². The van der Waals surface area contributed by atoms with Crippen LogP contribution in [-0.2, 0) is 14.3 Å². The number of ether oxygens (including phenoxy) is 1. The SMILES string of the molecule is COC(=O)C(=O)C=C(O)c1ccccc1. The molecule has 0 aromatic heterocycles. The third kappa shape index (κ3) is 2.95. The molecule has 0 spiro atoms. The van der Waals surface area contributed by atoms with Crippen LogP contribution in [0.4, 0.5) is 0 Å². The third-order valence-corrected chi connectivity index (χ3v) is 1.72. The van der Waals surface area contributed by atoms with Crippen LogP contribution in [0.3, 0.4) is 0 Å². The van der Waals surface area contributed by atoms with E-state index in [4.69, 9.17) is 0 Å². The fourth-order valence-corrected chi connectivity index (χ4v) is 0.976. The number of methoxy groups -OCH3 is 1. The van der Waals surface area contributed by atoms with E-state index in [1.165, 1.54) is 0 Å². The first-order chi connectivity index (χ1) is 7.15. The summed E-state index contributed by atoms with van der Waals surface area (Å²) in [6.07, 6.45) is 0.834. The van der Waals surface area contributed by atoms with Gasteiger partial charge in [-0.1, -0.05) is 30.3 Å². The zero-order valence-electron chi connectivity index (χ0n) is 8.14. The van der Waals surface area contributed by atoms with Crippen molar-refractivity contribution in [2.75, 3.05) is 7.11 Å². The minimum absolute atomic E-state index is 0.258. The third-order valence-electron chi connectivity index (χ3n) is 1.72. The summed E-state index contributed by atoms with van der Waals surface area (Å²) in [6, 6.07) is 8.44. The lowest BCUT2D eigenvalue weighted by Crippen LogP contribution is -2.13. The van der Waals surface area contributed by atoms with Crippen molar-refractivity contribution < 1.29 is 19.4 Å². The minimum atomic E-state index is -1.00. The van der Waals surface area contributed by atoms with E-state index in [1.54, 1.807) is 30.3 Å². The Hall–Kier alpha value is -2.10. The van der Waals surface area contributed by atoms with Crippen LogP contribution in [0, 0.1) is 0 Å². The quantitative estimate of drug-likeness (QED) is 0.350. The van der Waals surface area contributed by atoms with Gasteiger partial charge in [0.1, 0.15) is 5.76 Å². The van der Waals surface area contributed by atoms with Crippen LogP contribution in [0.25, 0.3) is 5.76 Å². The van der Waals surface area contributed by atoms with E-state index in [2.05, 4.69) is 4.74 Å². The van der Waals surface area contributed by atoms with Crippen LogP contribution >= 0.6 is 0 Å². The predicted octanol–water partition coefficient (Wildman–Crippen LogP) is 1.33. The Kier molecular flexibility index (Phi) is 3.62. The molecule has 4 nitrogen and oxygen atoms in total. The van der Waals surface area contributed by atoms with Crippen molar-refractivity contribution >= 4 is 17.5 Å². The molecule has 0 fully saturated rings. The first kappa shape index (κ1) is 11.0. The van der Waals surface area contributed by atoms with Crippen molar-refractivity contribution in [1.82, 2.24) is 0 Å². The van der Waals surface area contributed by atoms with Gasteiger partial charge in [-0.05, 0) is 0 Å². The molecule has 0 bridgehead atoms. The summed E-state index contributed by atoms with van der Waals surface area (Å²) in [6.45, 7) is 0. The highest BCUT2D eigenvalue weighted by Gasteiger charge is 2.12. The Morgan fingerprint density at radius 1 is 1.27 bits per heavy atom. The topological polar surface area (TPSA) is 63.6 Å². The average molecular weight is 206 g/mol. The van der Waals surface area contributed by atoms with Crippen molar-refractivity contribution in [3.8, 4) is 0 Å². The number of esters is 1. The van der Waals surface area contributed by atoms with Crippen LogP contribution in [0.1, 0.15) is 5.56 Å². The molecule has 0 saturated carbocycles. The van der Waals surface area contributed by atoms with Crippen molar-refractivity contribution in [3.63, 3.8) is 0 Å². The lowest BCUT2D eigenvalue weighted by atomic mass is 10.1. The maximum atomic E-state index is 11.0. The zero-order chi connectivity index (χ0) is 11.3. The van der Waals surface area contributed by atoms with Gasteiger partial charge in [0.05, 0.1) is 7.11 Å². The molecule has 15 heavy (non-hydrogen) atoms. The van der Waals surface area contributed by atoms with E-state index >= 15 is 0 Å². The molecule has 0 aliphatic rings. The van der Waals surface area contributed by atoms with E-state index in [0.717, 1.165) is 13.2 Å². The van der Waals surface area contributed by atoms with E-state index in [0.29, 0.717) is 5.56 Å². The van der Waals surface area contributed by atoms with Gasteiger partial charge in [0.2, 0.25) is 0 Å². The van der Waals surface area contributed by atoms with Gasteiger partial charge in [-0.2, -0.15) is 0 Å². The molecule has 0 unspecified atom stereocenters. The second-order valence-corrected chi connectivity index (χ2v) is 2.75. The smallest absolute Gasteiger partial charge is 0.378 e. The van der Waals surface area contributed by atoms with Crippen molar-refractivity contribution in [1.29, 1.82) is 0 Å². The molecule has 1 N–H and O–H groups in total. The lowest BCUT2D eigenvalue weighted by molar-refractivity contribution is -0.149. The minimum Gasteiger partial charge on any atom is -0.507 e. The Balaban J connectivity index is 2.86. The number of rotatable bonds is 3. The zero-order valence-corrected chi connectivity index (χ0v) is 8.14. The van der Waals surface area contributed by atoms with E-state index in [9.17, 15) is 14.7 Å². The fraction of sp³-hybridized carbons (Fsp3) is 0.0909. The number of carbonyl (C=O) groups excluding carboxylic acids is 2. The van der Waals surface area contributed by atoms with Gasteiger partial charge in [0.25, 0.3) is 5.78 Å². The maximum Gasteiger partial charge on any atom is 0.378 e. The number of benzene rings is 1. The van der Waals surface area contributed by atoms with Crippen LogP contribution in [-0.4, -0.2) is 24.0 Å². The van der Waals surface area contributed by atoms with Gasteiger partial charge in [-0.3, -0.25) is 4.79 Å². The normalized spacial score (nSPS) is 10.9. The Morgan fingerprint density at radius 2 is 1.87 bits per heavy atom. The summed E-state index contributed by atoms with van der Waals surface area (Å²) in [5.74, 6) is -2.15. The Morgan fingerprint density at radius 3 is 2.40 bits per heavy atom. The van der Waals surface area contributed by atoms with Crippen LogP contribution < -0.4 is 0 Å². The molecule has 0 saturated heterocycles. The second-order valence-electron chi connectivity index (χ2n) is 2.75. The molecule has 0 radical (unpaired) electrons. The van der Waals surface area contributed by atoms with Gasteiger partial charge in [-0.25, -0.2) is 4.79 Å². The Labute approximate surface area is 86.8 Å². The maximum absolute atomic E-state index is 11.0. The van der Waals surface area contributed by atoms with Crippen molar-refractivity contribution in [2.24, 2.45) is 0 Å². The fourth-order valence-electron chi connectivity index (χ4n) is 0.976. The summed E-state index contributed by atoms with van der Waals surface area (Å²) >= 11 is 0. The predicted molar refractivity (Wildman–Crippen MR) is 54.1 cm³/mol. The highest BCUT2D eigenvalue weighted by Crippen LogP contribution is 2.09. The first-order valence-corrected chi connectivity index (χ1v) is 4.23. The van der Waals surface area contributed by atoms with Gasteiger partial charge in [0.15, 0.2) is 0 Å². The summed E-state index contributed by atoms with van der Waals surface area (Å²) < 4.78 is 4.20. The number of aliphatic hydroxyl groups is 1. The molecule has 0 atom stereocenters. The largest absolute Gasteiger partial charge is 0.507 e. The number of hydrogen-bond donors (Lipinski definition) is 1. The van der Waals surface area contributed by atoms with E-state index < -0.39 is 11.8 Å². The summed E-state index contributed by atoms with van der Waals surface area (Å²) in [5, 5.41) is 9.47. The number of hydrogen-bond acceptors (Lipinski definition) is 4. The van der Waals surface area contributed by atoms with Gasteiger partial charge < -0.3 is 9.84 Å². The summed E-state index contributed by atoms with van der Waals surface area (Å²) in [7, 11) is 1.10. The number of ketones is 1. The molecule has 78 valence electrons. The lowest BCUT2D eigenvalue weighted by Gasteiger charge is -1.98. The summed E-state index contributed by atoms with van der Waals surface area (Å²) in [4.78, 5) is 21.8. The molecule has 0 amide bonds.